The SMILES string of the molecule is Cc1csc(C2CC=NN2C(=O)N2CCN(c3ncc(F)c(-n4nc(C)nc4C)n3)CC2)n1. The van der Waals surface area contributed by atoms with E-state index in [1.54, 1.807) is 36.3 Å². The van der Waals surface area contributed by atoms with Crippen molar-refractivity contribution in [1.82, 2.24) is 39.6 Å². The van der Waals surface area contributed by atoms with Crippen molar-refractivity contribution < 1.29 is 9.18 Å². The number of piperazine rings is 1. The molecular weight excluding hydrogens is 447 g/mol. The summed E-state index contributed by atoms with van der Waals surface area (Å²) in [6.45, 7) is 7.42. The molecule has 1 atom stereocenters. The largest absolute Gasteiger partial charge is 0.341 e. The summed E-state index contributed by atoms with van der Waals surface area (Å²) in [5.41, 5.74) is 0.942. The maximum atomic E-state index is 14.4. The normalized spacial score (nSPS) is 18.4. The predicted molar refractivity (Wildman–Crippen MR) is 120 cm³/mol. The molecule has 0 saturated carbocycles. The highest BCUT2D eigenvalue weighted by Gasteiger charge is 2.35. The number of aryl methyl sites for hydroxylation is 3. The molecule has 3 aromatic heterocycles. The fourth-order valence-electron chi connectivity index (χ4n) is 3.94. The van der Waals surface area contributed by atoms with E-state index in [0.717, 1.165) is 16.9 Å². The van der Waals surface area contributed by atoms with E-state index in [-0.39, 0.29) is 17.9 Å². The van der Waals surface area contributed by atoms with Crippen LogP contribution >= 0.6 is 11.3 Å². The first-order valence-electron chi connectivity index (χ1n) is 10.6. The smallest absolute Gasteiger partial charge is 0.337 e. The average Bonchev–Trinajstić information content (AvgIpc) is 3.53. The van der Waals surface area contributed by atoms with Crippen LogP contribution in [0.15, 0.2) is 16.7 Å². The van der Waals surface area contributed by atoms with Gasteiger partial charge in [0, 0.05) is 49.9 Å². The Kier molecular flexibility index (Phi) is 5.48. The first kappa shape index (κ1) is 21.4. The van der Waals surface area contributed by atoms with E-state index >= 15 is 0 Å². The van der Waals surface area contributed by atoms with Crippen LogP contribution in [0.1, 0.15) is 34.8 Å². The number of hydrogen-bond acceptors (Lipinski definition) is 9. The molecule has 1 fully saturated rings. The van der Waals surface area contributed by atoms with Gasteiger partial charge in [-0.1, -0.05) is 0 Å². The molecule has 3 aromatic rings. The second-order valence-electron chi connectivity index (χ2n) is 7.94. The summed E-state index contributed by atoms with van der Waals surface area (Å²) in [6.07, 6.45) is 3.56. The predicted octanol–water partition coefficient (Wildman–Crippen LogP) is 2.25. The zero-order valence-electron chi connectivity index (χ0n) is 18.5. The minimum absolute atomic E-state index is 0.0598. The minimum Gasteiger partial charge on any atom is -0.337 e. The fourth-order valence-corrected chi connectivity index (χ4v) is 4.84. The molecule has 0 N–H and O–H groups in total. The van der Waals surface area contributed by atoms with Crippen LogP contribution in [0.25, 0.3) is 5.82 Å². The van der Waals surface area contributed by atoms with Gasteiger partial charge in [-0.2, -0.15) is 14.8 Å². The van der Waals surface area contributed by atoms with Crippen LogP contribution in [0.3, 0.4) is 0 Å². The van der Waals surface area contributed by atoms with Crippen LogP contribution in [0.5, 0.6) is 0 Å². The Balaban J connectivity index is 1.27. The Morgan fingerprint density at radius 3 is 2.58 bits per heavy atom. The number of carbonyl (C=O) groups excluding carboxylic acids is 1. The molecule has 0 bridgehead atoms. The third kappa shape index (κ3) is 4.03. The van der Waals surface area contributed by atoms with Crippen molar-refractivity contribution in [2.45, 2.75) is 33.2 Å². The number of amides is 2. The maximum Gasteiger partial charge on any atom is 0.341 e. The van der Waals surface area contributed by atoms with Crippen molar-refractivity contribution in [2.24, 2.45) is 5.10 Å². The summed E-state index contributed by atoms with van der Waals surface area (Å²) < 4.78 is 15.8. The average molecular weight is 471 g/mol. The van der Waals surface area contributed by atoms with Gasteiger partial charge in [0.25, 0.3) is 0 Å². The summed E-state index contributed by atoms with van der Waals surface area (Å²) in [6, 6.07) is -0.303. The monoisotopic (exact) mass is 470 g/mol. The second-order valence-corrected chi connectivity index (χ2v) is 8.83. The van der Waals surface area contributed by atoms with E-state index in [0.29, 0.717) is 50.2 Å². The first-order chi connectivity index (χ1) is 15.9. The van der Waals surface area contributed by atoms with Crippen LogP contribution < -0.4 is 4.90 Å². The summed E-state index contributed by atoms with van der Waals surface area (Å²) in [5.74, 6) is 0.958. The van der Waals surface area contributed by atoms with Crippen LogP contribution in [0.2, 0.25) is 0 Å². The Hall–Kier alpha value is -3.48. The summed E-state index contributed by atoms with van der Waals surface area (Å²) in [4.78, 5) is 34.2. The van der Waals surface area contributed by atoms with Crippen LogP contribution in [0.4, 0.5) is 15.1 Å². The Morgan fingerprint density at radius 2 is 1.91 bits per heavy atom. The van der Waals surface area contributed by atoms with E-state index in [4.69, 9.17) is 0 Å². The lowest BCUT2D eigenvalue weighted by Gasteiger charge is -2.36. The maximum absolute atomic E-state index is 14.4. The standard InChI is InChI=1S/C20H23FN10OS/c1-12-11-33-18(24-12)16-4-5-23-31(16)20(32)29-8-6-28(7-9-29)19-22-10-15(21)17(26-19)30-14(3)25-13(2)27-30/h5,10-11,16H,4,6-9H2,1-3H3. The fraction of sp³-hybridized carbons (Fsp3) is 0.450. The van der Waals surface area contributed by atoms with Crippen LogP contribution in [-0.4, -0.2) is 78.0 Å². The Morgan fingerprint density at radius 1 is 1.12 bits per heavy atom. The zero-order valence-corrected chi connectivity index (χ0v) is 19.3. The third-order valence-corrected chi connectivity index (χ3v) is 6.63. The molecule has 11 nitrogen and oxygen atoms in total. The number of aromatic nitrogens is 6. The summed E-state index contributed by atoms with van der Waals surface area (Å²) in [7, 11) is 0. The molecule has 2 aliphatic heterocycles. The second kappa shape index (κ2) is 8.46. The number of anilines is 1. The van der Waals surface area contributed by atoms with Crippen molar-refractivity contribution in [3.8, 4) is 5.82 Å². The molecule has 1 saturated heterocycles. The van der Waals surface area contributed by atoms with E-state index in [1.807, 2.05) is 17.2 Å². The van der Waals surface area contributed by atoms with Crippen molar-refractivity contribution >= 4 is 29.5 Å². The molecule has 1 unspecified atom stereocenters. The van der Waals surface area contributed by atoms with Gasteiger partial charge in [-0.25, -0.2) is 29.1 Å². The number of rotatable bonds is 3. The number of hydrazone groups is 1. The summed E-state index contributed by atoms with van der Waals surface area (Å²) in [5, 5.41) is 12.9. The highest BCUT2D eigenvalue weighted by Crippen LogP contribution is 2.31. The van der Waals surface area contributed by atoms with E-state index in [9.17, 15) is 9.18 Å². The van der Waals surface area contributed by atoms with Gasteiger partial charge in [-0.15, -0.1) is 16.4 Å². The zero-order chi connectivity index (χ0) is 23.1. The van der Waals surface area contributed by atoms with Gasteiger partial charge in [0.05, 0.1) is 6.20 Å². The number of urea groups is 1. The lowest BCUT2D eigenvalue weighted by molar-refractivity contribution is 0.139. The molecule has 5 rings (SSSR count). The lowest BCUT2D eigenvalue weighted by Crippen LogP contribution is -2.52. The van der Waals surface area contributed by atoms with Crippen LogP contribution in [-0.2, 0) is 0 Å². The van der Waals surface area contributed by atoms with Crippen molar-refractivity contribution in [3.05, 3.63) is 39.7 Å². The van der Waals surface area contributed by atoms with Gasteiger partial charge < -0.3 is 9.80 Å². The van der Waals surface area contributed by atoms with Gasteiger partial charge in [0.15, 0.2) is 11.6 Å². The quantitative estimate of drug-likeness (QED) is 0.578. The molecule has 0 aromatic carbocycles. The minimum atomic E-state index is -0.573. The molecule has 5 heterocycles. The van der Waals surface area contributed by atoms with E-state index in [1.165, 1.54) is 9.69 Å². The molecule has 33 heavy (non-hydrogen) atoms. The van der Waals surface area contributed by atoms with Crippen LogP contribution in [0, 0.1) is 26.6 Å². The molecule has 2 amide bonds. The van der Waals surface area contributed by atoms with E-state index in [2.05, 4.69) is 30.1 Å². The van der Waals surface area contributed by atoms with Crippen molar-refractivity contribution in [2.75, 3.05) is 31.1 Å². The lowest BCUT2D eigenvalue weighted by atomic mass is 10.2. The number of carbonyl (C=O) groups is 1. The van der Waals surface area contributed by atoms with Gasteiger partial charge in [-0.05, 0) is 20.8 Å². The molecule has 13 heteroatoms. The third-order valence-electron chi connectivity index (χ3n) is 5.57. The van der Waals surface area contributed by atoms with Gasteiger partial charge in [0.2, 0.25) is 5.95 Å². The topological polar surface area (TPSA) is 109 Å². The molecule has 0 radical (unpaired) electrons. The van der Waals surface area contributed by atoms with Crippen molar-refractivity contribution in [3.63, 3.8) is 0 Å². The highest BCUT2D eigenvalue weighted by atomic mass is 32.1. The van der Waals surface area contributed by atoms with Gasteiger partial charge >= 0.3 is 6.03 Å². The molecular formula is C20H23FN10OS. The summed E-state index contributed by atoms with van der Waals surface area (Å²) >= 11 is 1.54. The number of hydrogen-bond donors (Lipinski definition) is 0. The number of nitrogens with zero attached hydrogens (tertiary/aromatic N) is 10. The highest BCUT2D eigenvalue weighted by molar-refractivity contribution is 7.09. The van der Waals surface area contributed by atoms with Gasteiger partial charge in [-0.3, -0.25) is 0 Å². The van der Waals surface area contributed by atoms with Crippen molar-refractivity contribution in [1.29, 1.82) is 0 Å². The number of halogens is 1. The molecule has 172 valence electrons. The number of thiazole rings is 1. The molecule has 2 aliphatic rings. The van der Waals surface area contributed by atoms with Gasteiger partial charge in [0.1, 0.15) is 22.7 Å². The Labute approximate surface area is 193 Å². The Bertz CT molecular complexity index is 1220. The van der Waals surface area contributed by atoms with E-state index < -0.39 is 5.82 Å². The molecule has 0 aliphatic carbocycles. The molecule has 0 spiro atoms. The first-order valence-corrected chi connectivity index (χ1v) is 11.5.